The summed E-state index contributed by atoms with van der Waals surface area (Å²) in [6.07, 6.45) is 4.79. The molecule has 0 unspecified atom stereocenters. The molecule has 0 fully saturated rings. The molecule has 0 saturated heterocycles. The molecule has 0 aliphatic heterocycles. The van der Waals surface area contributed by atoms with Crippen molar-refractivity contribution in [2.45, 2.75) is 0 Å². The molecular weight excluding hydrogens is 230 g/mol. The zero-order chi connectivity index (χ0) is 12.4. The van der Waals surface area contributed by atoms with Crippen LogP contribution in [0.5, 0.6) is 0 Å². The summed E-state index contributed by atoms with van der Waals surface area (Å²) in [5, 5.41) is 10.8. The molecule has 0 bridgehead atoms. The average molecular weight is 239 g/mol. The second kappa shape index (κ2) is 4.25. The molecule has 6 heteroatoms. The van der Waals surface area contributed by atoms with Gasteiger partial charge in [-0.2, -0.15) is 10.1 Å². The van der Waals surface area contributed by atoms with Crippen molar-refractivity contribution in [3.05, 3.63) is 48.5 Å². The molecular formula is C12H9N5O. The first-order chi connectivity index (χ1) is 8.83. The summed E-state index contributed by atoms with van der Waals surface area (Å²) in [5.74, 6) is 0.0975. The van der Waals surface area contributed by atoms with Crippen molar-refractivity contribution in [3.8, 4) is 0 Å². The normalized spacial score (nSPS) is 10.4. The van der Waals surface area contributed by atoms with Crippen molar-refractivity contribution in [3.63, 3.8) is 0 Å². The highest BCUT2D eigenvalue weighted by molar-refractivity contribution is 6.05. The van der Waals surface area contributed by atoms with E-state index in [-0.39, 0.29) is 5.91 Å². The summed E-state index contributed by atoms with van der Waals surface area (Å²) in [4.78, 5) is 19.8. The SMILES string of the molecule is O=C(Nc1ncn[nH]1)c1ccc2cnccc2c1. The van der Waals surface area contributed by atoms with Gasteiger partial charge in [0.1, 0.15) is 6.33 Å². The van der Waals surface area contributed by atoms with Crippen LogP contribution < -0.4 is 5.32 Å². The first kappa shape index (κ1) is 10.4. The number of nitrogens with one attached hydrogen (secondary N) is 2. The highest BCUT2D eigenvalue weighted by Gasteiger charge is 2.08. The van der Waals surface area contributed by atoms with Gasteiger partial charge in [-0.25, -0.2) is 5.10 Å². The van der Waals surface area contributed by atoms with Gasteiger partial charge >= 0.3 is 0 Å². The molecule has 6 nitrogen and oxygen atoms in total. The van der Waals surface area contributed by atoms with E-state index in [9.17, 15) is 4.79 Å². The lowest BCUT2D eigenvalue weighted by atomic mass is 10.1. The molecule has 1 amide bonds. The smallest absolute Gasteiger partial charge is 0.258 e. The number of anilines is 1. The van der Waals surface area contributed by atoms with E-state index in [0.717, 1.165) is 10.8 Å². The Morgan fingerprint density at radius 1 is 1.22 bits per heavy atom. The topological polar surface area (TPSA) is 83.6 Å². The van der Waals surface area contributed by atoms with Crippen LogP contribution in [0.15, 0.2) is 43.0 Å². The number of carbonyl (C=O) groups is 1. The lowest BCUT2D eigenvalue weighted by Gasteiger charge is -2.03. The van der Waals surface area contributed by atoms with Crippen LogP contribution in [0.4, 0.5) is 5.95 Å². The number of hydrogen-bond donors (Lipinski definition) is 2. The standard InChI is InChI=1S/C12H9N5O/c18-11(16-12-14-7-15-17-12)9-1-2-10-6-13-4-3-8(10)5-9/h1-7H,(H2,14,15,16,17,18). The van der Waals surface area contributed by atoms with Crippen LogP contribution in [0.3, 0.4) is 0 Å². The number of fused-ring (bicyclic) bond motifs is 1. The molecule has 0 spiro atoms. The monoisotopic (exact) mass is 239 g/mol. The number of carbonyl (C=O) groups excluding carboxylic acids is 1. The summed E-state index contributed by atoms with van der Waals surface area (Å²) in [7, 11) is 0. The molecule has 2 aromatic heterocycles. The summed E-state index contributed by atoms with van der Waals surface area (Å²) < 4.78 is 0. The first-order valence-electron chi connectivity index (χ1n) is 5.33. The van der Waals surface area contributed by atoms with Crippen molar-refractivity contribution < 1.29 is 4.79 Å². The fraction of sp³-hybridized carbons (Fsp3) is 0. The van der Waals surface area contributed by atoms with Crippen LogP contribution >= 0.6 is 0 Å². The Hall–Kier alpha value is -2.76. The fourth-order valence-corrected chi connectivity index (χ4v) is 1.67. The van der Waals surface area contributed by atoms with Gasteiger partial charge in [0.15, 0.2) is 0 Å². The van der Waals surface area contributed by atoms with Crippen LogP contribution in [0.2, 0.25) is 0 Å². The first-order valence-corrected chi connectivity index (χ1v) is 5.33. The van der Waals surface area contributed by atoms with E-state index in [2.05, 4.69) is 25.5 Å². The number of aromatic amines is 1. The van der Waals surface area contributed by atoms with E-state index in [0.29, 0.717) is 11.5 Å². The molecule has 88 valence electrons. The molecule has 0 radical (unpaired) electrons. The largest absolute Gasteiger partial charge is 0.291 e. The Balaban J connectivity index is 1.92. The van der Waals surface area contributed by atoms with Gasteiger partial charge < -0.3 is 0 Å². The van der Waals surface area contributed by atoms with E-state index in [1.54, 1.807) is 18.5 Å². The summed E-state index contributed by atoms with van der Waals surface area (Å²) in [6, 6.07) is 7.27. The third-order valence-electron chi connectivity index (χ3n) is 2.55. The van der Waals surface area contributed by atoms with Crippen LogP contribution in [0.1, 0.15) is 10.4 Å². The quantitative estimate of drug-likeness (QED) is 0.711. The number of nitrogens with zero attached hydrogens (tertiary/aromatic N) is 3. The molecule has 2 heterocycles. The number of rotatable bonds is 2. The Kier molecular flexibility index (Phi) is 2.45. The number of hydrogen-bond acceptors (Lipinski definition) is 4. The van der Waals surface area contributed by atoms with E-state index in [1.165, 1.54) is 6.33 Å². The van der Waals surface area contributed by atoms with Gasteiger partial charge in [0.05, 0.1) is 0 Å². The predicted octanol–water partition coefficient (Wildman–Crippen LogP) is 1.61. The van der Waals surface area contributed by atoms with Gasteiger partial charge in [-0.1, -0.05) is 6.07 Å². The highest BCUT2D eigenvalue weighted by atomic mass is 16.1. The molecule has 3 aromatic rings. The van der Waals surface area contributed by atoms with Gasteiger partial charge in [-0.3, -0.25) is 15.1 Å². The number of aromatic nitrogens is 4. The van der Waals surface area contributed by atoms with Crippen molar-refractivity contribution in [2.24, 2.45) is 0 Å². The van der Waals surface area contributed by atoms with Crippen LogP contribution in [-0.2, 0) is 0 Å². The van der Waals surface area contributed by atoms with Crippen molar-refractivity contribution in [1.82, 2.24) is 20.2 Å². The summed E-state index contributed by atoms with van der Waals surface area (Å²) >= 11 is 0. The maximum absolute atomic E-state index is 11.9. The van der Waals surface area contributed by atoms with Crippen LogP contribution in [0.25, 0.3) is 10.8 Å². The van der Waals surface area contributed by atoms with E-state index < -0.39 is 0 Å². The van der Waals surface area contributed by atoms with E-state index >= 15 is 0 Å². The maximum atomic E-state index is 11.9. The average Bonchev–Trinajstić information content (AvgIpc) is 2.91. The molecule has 1 aromatic carbocycles. The van der Waals surface area contributed by atoms with Crippen LogP contribution in [-0.4, -0.2) is 26.1 Å². The number of pyridine rings is 1. The summed E-state index contributed by atoms with van der Waals surface area (Å²) in [6.45, 7) is 0. The molecule has 18 heavy (non-hydrogen) atoms. The predicted molar refractivity (Wildman–Crippen MR) is 66.1 cm³/mol. The number of amides is 1. The van der Waals surface area contributed by atoms with Crippen molar-refractivity contribution in [2.75, 3.05) is 5.32 Å². The van der Waals surface area contributed by atoms with E-state index in [4.69, 9.17) is 0 Å². The van der Waals surface area contributed by atoms with Gasteiger partial charge in [0, 0.05) is 23.3 Å². The minimum atomic E-state index is -0.231. The zero-order valence-electron chi connectivity index (χ0n) is 9.29. The van der Waals surface area contributed by atoms with Crippen LogP contribution in [0, 0.1) is 0 Å². The Bertz CT molecular complexity index is 693. The number of H-pyrrole nitrogens is 1. The van der Waals surface area contributed by atoms with Crippen molar-refractivity contribution >= 4 is 22.6 Å². The third-order valence-corrected chi connectivity index (χ3v) is 2.55. The molecule has 0 aliphatic rings. The summed E-state index contributed by atoms with van der Waals surface area (Å²) in [5.41, 5.74) is 0.560. The molecule has 0 atom stereocenters. The Labute approximate surface area is 102 Å². The van der Waals surface area contributed by atoms with Gasteiger partial charge in [0.2, 0.25) is 5.95 Å². The van der Waals surface area contributed by atoms with Gasteiger partial charge in [-0.15, -0.1) is 0 Å². The van der Waals surface area contributed by atoms with Gasteiger partial charge in [-0.05, 0) is 23.6 Å². The Morgan fingerprint density at radius 2 is 2.17 bits per heavy atom. The molecule has 0 aliphatic carbocycles. The second-order valence-corrected chi connectivity index (χ2v) is 3.73. The lowest BCUT2D eigenvalue weighted by molar-refractivity contribution is 0.102. The second-order valence-electron chi connectivity index (χ2n) is 3.73. The molecule has 3 rings (SSSR count). The maximum Gasteiger partial charge on any atom is 0.258 e. The highest BCUT2D eigenvalue weighted by Crippen LogP contribution is 2.15. The minimum absolute atomic E-state index is 0.231. The Morgan fingerprint density at radius 3 is 3.00 bits per heavy atom. The molecule has 0 saturated carbocycles. The number of benzene rings is 1. The lowest BCUT2D eigenvalue weighted by Crippen LogP contribution is -2.12. The van der Waals surface area contributed by atoms with Crippen molar-refractivity contribution in [1.29, 1.82) is 0 Å². The third kappa shape index (κ3) is 1.91. The van der Waals surface area contributed by atoms with Gasteiger partial charge in [0.25, 0.3) is 5.91 Å². The molecule has 2 N–H and O–H groups in total. The fourth-order valence-electron chi connectivity index (χ4n) is 1.67. The minimum Gasteiger partial charge on any atom is -0.291 e. The van der Waals surface area contributed by atoms with E-state index in [1.807, 2.05) is 18.2 Å². The zero-order valence-corrected chi connectivity index (χ0v) is 9.29.